The molecule has 1 N–H and O–H groups in total. The number of benzene rings is 2. The molecule has 2 aromatic carbocycles. The fraction of sp³-hybridized carbons (Fsp3) is 0.269. The molecule has 3 rings (SSSR count). The highest BCUT2D eigenvalue weighted by atomic mass is 16.5. The normalized spacial score (nSPS) is 11.0. The topological polar surface area (TPSA) is 73.2 Å². The summed E-state index contributed by atoms with van der Waals surface area (Å²) in [6.45, 7) is 6.32. The molecule has 0 aliphatic rings. The molecule has 0 saturated carbocycles. The summed E-state index contributed by atoms with van der Waals surface area (Å²) in [4.78, 5) is 24.0. The number of hydrogen-bond donors (Lipinski definition) is 1. The van der Waals surface area contributed by atoms with Crippen molar-refractivity contribution >= 4 is 18.0 Å². The molecule has 6 heteroatoms. The van der Waals surface area contributed by atoms with Crippen LogP contribution in [-0.4, -0.2) is 34.8 Å². The third kappa shape index (κ3) is 6.41. The highest BCUT2D eigenvalue weighted by Gasteiger charge is 2.11. The molecule has 1 heterocycles. The SMILES string of the molecule is Cc1ccc(CCC(=O)NCCOC(=O)/C=C/c2c(C)nn(-c3ccccc3)c2C)cc1. The smallest absolute Gasteiger partial charge is 0.330 e. The van der Waals surface area contributed by atoms with Crippen LogP contribution in [0.1, 0.15) is 34.5 Å². The van der Waals surface area contributed by atoms with Gasteiger partial charge in [-0.15, -0.1) is 0 Å². The van der Waals surface area contributed by atoms with Gasteiger partial charge < -0.3 is 10.1 Å². The minimum Gasteiger partial charge on any atom is -0.461 e. The molecule has 0 unspecified atom stereocenters. The Labute approximate surface area is 188 Å². The van der Waals surface area contributed by atoms with Gasteiger partial charge in [-0.2, -0.15) is 5.10 Å². The van der Waals surface area contributed by atoms with Crippen molar-refractivity contribution < 1.29 is 14.3 Å². The quantitative estimate of drug-likeness (QED) is 0.314. The molecule has 166 valence electrons. The standard InChI is InChI=1S/C26H29N3O3/c1-19-9-11-22(12-10-19)13-15-25(30)27-17-18-32-26(31)16-14-24-20(2)28-29(21(24)3)23-7-5-4-6-8-23/h4-12,14,16H,13,15,17-18H2,1-3H3,(H,27,30)/b16-14+. The lowest BCUT2D eigenvalue weighted by molar-refractivity contribution is -0.138. The number of hydrogen-bond acceptors (Lipinski definition) is 4. The van der Waals surface area contributed by atoms with E-state index in [1.54, 1.807) is 6.08 Å². The van der Waals surface area contributed by atoms with E-state index in [0.29, 0.717) is 12.8 Å². The van der Waals surface area contributed by atoms with Crippen LogP contribution in [0.5, 0.6) is 0 Å². The summed E-state index contributed by atoms with van der Waals surface area (Å²) in [6.07, 6.45) is 4.20. The van der Waals surface area contributed by atoms with Crippen LogP contribution in [0.4, 0.5) is 0 Å². The molecule has 0 atom stereocenters. The van der Waals surface area contributed by atoms with Crippen LogP contribution in [0, 0.1) is 20.8 Å². The monoisotopic (exact) mass is 431 g/mol. The molecule has 0 spiro atoms. The van der Waals surface area contributed by atoms with E-state index < -0.39 is 5.97 Å². The predicted molar refractivity (Wildman–Crippen MR) is 126 cm³/mol. The van der Waals surface area contributed by atoms with Crippen LogP contribution in [0.3, 0.4) is 0 Å². The molecule has 3 aromatic rings. The molecule has 0 aliphatic heterocycles. The minimum atomic E-state index is -0.454. The first kappa shape index (κ1) is 23.0. The number of carbonyl (C=O) groups excluding carboxylic acids is 2. The Bertz CT molecular complexity index is 1080. The summed E-state index contributed by atoms with van der Waals surface area (Å²) in [5, 5.41) is 7.34. The Morgan fingerprint density at radius 2 is 1.75 bits per heavy atom. The largest absolute Gasteiger partial charge is 0.461 e. The van der Waals surface area contributed by atoms with Crippen LogP contribution in [-0.2, 0) is 20.7 Å². The van der Waals surface area contributed by atoms with Crippen molar-refractivity contribution in [2.75, 3.05) is 13.2 Å². The molecule has 0 bridgehead atoms. The van der Waals surface area contributed by atoms with E-state index in [9.17, 15) is 9.59 Å². The van der Waals surface area contributed by atoms with Crippen LogP contribution in [0.15, 0.2) is 60.7 Å². The summed E-state index contributed by atoms with van der Waals surface area (Å²) >= 11 is 0. The minimum absolute atomic E-state index is 0.0586. The van der Waals surface area contributed by atoms with Gasteiger partial charge in [-0.25, -0.2) is 9.48 Å². The number of rotatable bonds is 9. The molecule has 0 aliphatic carbocycles. The average molecular weight is 432 g/mol. The second-order valence-corrected chi connectivity index (χ2v) is 7.67. The van der Waals surface area contributed by atoms with Gasteiger partial charge in [-0.3, -0.25) is 4.79 Å². The van der Waals surface area contributed by atoms with E-state index in [0.717, 1.165) is 28.2 Å². The molecule has 0 fully saturated rings. The molecule has 6 nitrogen and oxygen atoms in total. The van der Waals surface area contributed by atoms with Crippen LogP contribution in [0.2, 0.25) is 0 Å². The number of aryl methyl sites for hydroxylation is 3. The van der Waals surface area contributed by atoms with Gasteiger partial charge >= 0.3 is 5.97 Å². The predicted octanol–water partition coefficient (Wildman–Crippen LogP) is 4.10. The van der Waals surface area contributed by atoms with Gasteiger partial charge in [-0.05, 0) is 51.0 Å². The Morgan fingerprint density at radius 1 is 1.03 bits per heavy atom. The number of para-hydroxylation sites is 1. The lowest BCUT2D eigenvalue weighted by atomic mass is 10.1. The summed E-state index contributed by atoms with van der Waals surface area (Å²) in [5.74, 6) is -0.512. The molecule has 0 saturated heterocycles. The van der Waals surface area contributed by atoms with Crippen molar-refractivity contribution in [2.24, 2.45) is 0 Å². The number of amides is 1. The van der Waals surface area contributed by atoms with Crippen LogP contribution < -0.4 is 5.32 Å². The van der Waals surface area contributed by atoms with Crippen LogP contribution >= 0.6 is 0 Å². The van der Waals surface area contributed by atoms with Crippen molar-refractivity contribution in [3.05, 3.63) is 88.8 Å². The number of nitrogens with one attached hydrogen (secondary N) is 1. The molecule has 32 heavy (non-hydrogen) atoms. The van der Waals surface area contributed by atoms with Crippen molar-refractivity contribution in [3.63, 3.8) is 0 Å². The number of esters is 1. The number of ether oxygens (including phenoxy) is 1. The zero-order valence-corrected chi connectivity index (χ0v) is 18.8. The summed E-state index contributed by atoms with van der Waals surface area (Å²) in [5.41, 5.74) is 5.95. The maximum absolute atomic E-state index is 12.0. The second-order valence-electron chi connectivity index (χ2n) is 7.67. The highest BCUT2D eigenvalue weighted by Crippen LogP contribution is 2.19. The average Bonchev–Trinajstić information content (AvgIpc) is 3.08. The fourth-order valence-electron chi connectivity index (χ4n) is 3.36. The Hall–Kier alpha value is -3.67. The van der Waals surface area contributed by atoms with Gasteiger partial charge in [0.15, 0.2) is 0 Å². The van der Waals surface area contributed by atoms with E-state index in [2.05, 4.69) is 10.4 Å². The van der Waals surface area contributed by atoms with E-state index in [1.807, 2.05) is 80.1 Å². The fourth-order valence-corrected chi connectivity index (χ4v) is 3.36. The van der Waals surface area contributed by atoms with Crippen LogP contribution in [0.25, 0.3) is 11.8 Å². The van der Waals surface area contributed by atoms with Crippen molar-refractivity contribution in [1.82, 2.24) is 15.1 Å². The summed E-state index contributed by atoms with van der Waals surface area (Å²) < 4.78 is 7.05. The second kappa shape index (κ2) is 11.1. The Kier molecular flexibility index (Phi) is 7.97. The zero-order chi connectivity index (χ0) is 22.9. The van der Waals surface area contributed by atoms with E-state index >= 15 is 0 Å². The van der Waals surface area contributed by atoms with Gasteiger partial charge in [0.2, 0.25) is 5.91 Å². The molecular weight excluding hydrogens is 402 g/mol. The number of aromatic nitrogens is 2. The van der Waals surface area contributed by atoms with Gasteiger partial charge in [0, 0.05) is 23.8 Å². The number of nitrogens with zero attached hydrogens (tertiary/aromatic N) is 2. The van der Waals surface area contributed by atoms with Gasteiger partial charge in [-0.1, -0.05) is 48.0 Å². The first-order valence-corrected chi connectivity index (χ1v) is 10.7. The molecule has 1 aromatic heterocycles. The summed E-state index contributed by atoms with van der Waals surface area (Å²) in [6, 6.07) is 18.0. The third-order valence-electron chi connectivity index (χ3n) is 5.16. The first-order valence-electron chi connectivity index (χ1n) is 10.7. The lowest BCUT2D eigenvalue weighted by Gasteiger charge is -2.06. The van der Waals surface area contributed by atoms with Gasteiger partial charge in [0.05, 0.1) is 17.9 Å². The van der Waals surface area contributed by atoms with Gasteiger partial charge in [0.25, 0.3) is 0 Å². The molecular formula is C26H29N3O3. The highest BCUT2D eigenvalue weighted by molar-refractivity contribution is 5.87. The maximum Gasteiger partial charge on any atom is 0.330 e. The van der Waals surface area contributed by atoms with Crippen molar-refractivity contribution in [2.45, 2.75) is 33.6 Å². The Balaban J connectivity index is 1.42. The van der Waals surface area contributed by atoms with Crippen molar-refractivity contribution in [3.8, 4) is 5.69 Å². The number of carbonyl (C=O) groups is 2. The first-order chi connectivity index (χ1) is 15.4. The molecule has 1 amide bonds. The van der Waals surface area contributed by atoms with Gasteiger partial charge in [0.1, 0.15) is 6.61 Å². The van der Waals surface area contributed by atoms with Crippen molar-refractivity contribution in [1.29, 1.82) is 0 Å². The van der Waals surface area contributed by atoms with E-state index in [4.69, 9.17) is 4.74 Å². The van der Waals surface area contributed by atoms with E-state index in [1.165, 1.54) is 11.6 Å². The maximum atomic E-state index is 12.0. The zero-order valence-electron chi connectivity index (χ0n) is 18.8. The van der Waals surface area contributed by atoms with E-state index in [-0.39, 0.29) is 19.1 Å². The third-order valence-corrected chi connectivity index (χ3v) is 5.16. The summed E-state index contributed by atoms with van der Waals surface area (Å²) in [7, 11) is 0. The Morgan fingerprint density at radius 3 is 2.47 bits per heavy atom. The lowest BCUT2D eigenvalue weighted by Crippen LogP contribution is -2.28. The molecule has 0 radical (unpaired) electrons.